The van der Waals surface area contributed by atoms with Gasteiger partial charge in [-0.25, -0.2) is 0 Å². The fourth-order valence-corrected chi connectivity index (χ4v) is 2.43. The Morgan fingerprint density at radius 2 is 1.87 bits per heavy atom. The molecule has 0 unspecified atom stereocenters. The summed E-state index contributed by atoms with van der Waals surface area (Å²) in [5, 5.41) is 11.9. The molecule has 1 amide bonds. The number of carbonyl (C=O) groups excluding carboxylic acids is 1. The third-order valence-corrected chi connectivity index (χ3v) is 3.58. The van der Waals surface area contributed by atoms with Gasteiger partial charge in [-0.15, -0.1) is 0 Å². The second kappa shape index (κ2) is 5.92. The molecule has 116 valence electrons. The quantitative estimate of drug-likeness (QED) is 0.545. The first-order chi connectivity index (χ1) is 11.1. The number of amides is 1. The van der Waals surface area contributed by atoms with Crippen molar-refractivity contribution in [1.29, 1.82) is 0 Å². The lowest BCUT2D eigenvalue weighted by Crippen LogP contribution is -2.26. The van der Waals surface area contributed by atoms with Crippen LogP contribution < -0.4 is 0 Å². The number of hydrogen-bond acceptors (Lipinski definition) is 4. The molecule has 0 aliphatic carbocycles. The van der Waals surface area contributed by atoms with E-state index >= 15 is 0 Å². The minimum Gasteiger partial charge on any atom is -0.451 e. The first-order valence-electron chi connectivity index (χ1n) is 7.02. The predicted molar refractivity (Wildman–Crippen MR) is 85.1 cm³/mol. The van der Waals surface area contributed by atoms with E-state index < -0.39 is 4.92 Å². The highest BCUT2D eigenvalue weighted by Crippen LogP contribution is 2.22. The van der Waals surface area contributed by atoms with Gasteiger partial charge in [-0.3, -0.25) is 14.9 Å². The molecule has 6 heteroatoms. The van der Waals surface area contributed by atoms with Gasteiger partial charge in [-0.2, -0.15) is 0 Å². The van der Waals surface area contributed by atoms with E-state index in [2.05, 4.69) is 0 Å². The van der Waals surface area contributed by atoms with Crippen molar-refractivity contribution in [3.05, 3.63) is 76.0 Å². The fraction of sp³-hybridized carbons (Fsp3) is 0.118. The molecule has 0 aliphatic rings. The topological polar surface area (TPSA) is 76.6 Å². The normalized spacial score (nSPS) is 10.7. The highest BCUT2D eigenvalue weighted by atomic mass is 16.6. The van der Waals surface area contributed by atoms with Gasteiger partial charge in [-0.05, 0) is 12.1 Å². The molecule has 0 spiro atoms. The molecule has 0 fully saturated rings. The van der Waals surface area contributed by atoms with Crippen molar-refractivity contribution in [1.82, 2.24) is 4.90 Å². The van der Waals surface area contributed by atoms with Crippen LogP contribution in [0, 0.1) is 10.1 Å². The van der Waals surface area contributed by atoms with Crippen molar-refractivity contribution < 1.29 is 14.1 Å². The number of hydrogen-bond donors (Lipinski definition) is 0. The Balaban J connectivity index is 1.84. The summed E-state index contributed by atoms with van der Waals surface area (Å²) >= 11 is 0. The first-order valence-corrected chi connectivity index (χ1v) is 7.02. The van der Waals surface area contributed by atoms with Gasteiger partial charge in [0.15, 0.2) is 5.76 Å². The highest BCUT2D eigenvalue weighted by molar-refractivity contribution is 5.95. The van der Waals surface area contributed by atoms with Crippen LogP contribution in [-0.4, -0.2) is 22.8 Å². The zero-order valence-electron chi connectivity index (χ0n) is 12.4. The highest BCUT2D eigenvalue weighted by Gasteiger charge is 2.20. The zero-order valence-corrected chi connectivity index (χ0v) is 12.4. The van der Waals surface area contributed by atoms with Gasteiger partial charge in [0.25, 0.3) is 11.6 Å². The molecule has 0 saturated carbocycles. The van der Waals surface area contributed by atoms with Crippen molar-refractivity contribution in [2.45, 2.75) is 6.54 Å². The summed E-state index contributed by atoms with van der Waals surface area (Å²) in [5.74, 6) is -0.105. The molecule has 0 aliphatic heterocycles. The van der Waals surface area contributed by atoms with Gasteiger partial charge < -0.3 is 9.32 Å². The van der Waals surface area contributed by atoms with Gasteiger partial charge in [0.1, 0.15) is 5.58 Å². The molecule has 23 heavy (non-hydrogen) atoms. The predicted octanol–water partition coefficient (Wildman–Crippen LogP) is 3.61. The standard InChI is InChI=1S/C17H14N2O4/c1-18(11-13-7-2-4-8-14(13)19(21)22)17(20)16-10-12-6-3-5-9-15(12)23-16/h2-10H,11H2,1H3. The molecule has 1 aromatic heterocycles. The number of carbonyl (C=O) groups is 1. The lowest BCUT2D eigenvalue weighted by atomic mass is 10.1. The van der Waals surface area contributed by atoms with Gasteiger partial charge in [0, 0.05) is 24.1 Å². The summed E-state index contributed by atoms with van der Waals surface area (Å²) in [7, 11) is 1.59. The van der Waals surface area contributed by atoms with Crippen LogP contribution in [0.1, 0.15) is 16.1 Å². The van der Waals surface area contributed by atoms with Crippen molar-refractivity contribution in [2.24, 2.45) is 0 Å². The maximum atomic E-state index is 12.5. The number of nitro benzene ring substituents is 1. The van der Waals surface area contributed by atoms with E-state index in [1.807, 2.05) is 18.2 Å². The third kappa shape index (κ3) is 2.91. The van der Waals surface area contributed by atoms with Crippen LogP contribution in [0.3, 0.4) is 0 Å². The van der Waals surface area contributed by atoms with E-state index in [4.69, 9.17) is 4.42 Å². The second-order valence-electron chi connectivity index (χ2n) is 5.20. The maximum absolute atomic E-state index is 12.5. The summed E-state index contributed by atoms with van der Waals surface area (Å²) in [6, 6.07) is 15.4. The van der Waals surface area contributed by atoms with Crippen LogP contribution in [0.2, 0.25) is 0 Å². The molecular formula is C17H14N2O4. The maximum Gasteiger partial charge on any atom is 0.289 e. The molecule has 3 rings (SSSR count). The Bertz CT molecular complexity index is 852. The van der Waals surface area contributed by atoms with Crippen LogP contribution in [-0.2, 0) is 6.54 Å². The number of furan rings is 1. The molecule has 0 N–H and O–H groups in total. The lowest BCUT2D eigenvalue weighted by Gasteiger charge is -2.15. The van der Waals surface area contributed by atoms with Crippen LogP contribution in [0.15, 0.2) is 59.0 Å². The number of para-hydroxylation sites is 2. The van der Waals surface area contributed by atoms with E-state index in [9.17, 15) is 14.9 Å². The number of nitrogens with zero attached hydrogens (tertiary/aromatic N) is 2. The molecular weight excluding hydrogens is 296 g/mol. The second-order valence-corrected chi connectivity index (χ2v) is 5.20. The van der Waals surface area contributed by atoms with Gasteiger partial charge in [-0.1, -0.05) is 36.4 Å². The Morgan fingerprint density at radius 3 is 2.61 bits per heavy atom. The van der Waals surface area contributed by atoms with E-state index in [-0.39, 0.29) is 23.9 Å². The number of rotatable bonds is 4. The van der Waals surface area contributed by atoms with Gasteiger partial charge in [0.05, 0.1) is 11.5 Å². The summed E-state index contributed by atoms with van der Waals surface area (Å²) < 4.78 is 5.54. The number of benzene rings is 2. The van der Waals surface area contributed by atoms with Crippen LogP contribution >= 0.6 is 0 Å². The Kier molecular flexibility index (Phi) is 3.80. The van der Waals surface area contributed by atoms with Gasteiger partial charge in [0.2, 0.25) is 0 Å². The van der Waals surface area contributed by atoms with Crippen molar-refractivity contribution in [3.63, 3.8) is 0 Å². The Hall–Kier alpha value is -3.15. The average Bonchev–Trinajstić information content (AvgIpc) is 2.98. The Morgan fingerprint density at radius 1 is 1.17 bits per heavy atom. The van der Waals surface area contributed by atoms with Crippen molar-refractivity contribution in [2.75, 3.05) is 7.05 Å². The SMILES string of the molecule is CN(Cc1ccccc1[N+](=O)[O-])C(=O)c1cc2ccccc2o1. The molecule has 0 radical (unpaired) electrons. The van der Waals surface area contributed by atoms with E-state index in [1.165, 1.54) is 11.0 Å². The number of fused-ring (bicyclic) bond motifs is 1. The molecule has 2 aromatic carbocycles. The molecule has 0 atom stereocenters. The van der Waals surface area contributed by atoms with E-state index in [0.29, 0.717) is 11.1 Å². The minimum absolute atomic E-state index is 0.00300. The molecule has 6 nitrogen and oxygen atoms in total. The lowest BCUT2D eigenvalue weighted by molar-refractivity contribution is -0.385. The summed E-state index contributed by atoms with van der Waals surface area (Å²) in [4.78, 5) is 24.5. The average molecular weight is 310 g/mol. The molecule has 1 heterocycles. The number of nitro groups is 1. The first kappa shape index (κ1) is 14.8. The molecule has 0 bridgehead atoms. The van der Waals surface area contributed by atoms with Crippen molar-refractivity contribution >= 4 is 22.6 Å². The Labute approximate surface area is 132 Å². The fourth-order valence-electron chi connectivity index (χ4n) is 2.43. The largest absolute Gasteiger partial charge is 0.451 e. The molecule has 3 aromatic rings. The zero-order chi connectivity index (χ0) is 16.4. The summed E-state index contributed by atoms with van der Waals surface area (Å²) in [6.45, 7) is 0.132. The van der Waals surface area contributed by atoms with E-state index in [1.54, 1.807) is 37.4 Å². The monoisotopic (exact) mass is 310 g/mol. The van der Waals surface area contributed by atoms with Crippen molar-refractivity contribution in [3.8, 4) is 0 Å². The van der Waals surface area contributed by atoms with Crippen LogP contribution in [0.5, 0.6) is 0 Å². The smallest absolute Gasteiger partial charge is 0.289 e. The summed E-state index contributed by atoms with van der Waals surface area (Å²) in [5.41, 5.74) is 1.11. The molecule has 0 saturated heterocycles. The summed E-state index contributed by atoms with van der Waals surface area (Å²) in [6.07, 6.45) is 0. The minimum atomic E-state index is -0.450. The third-order valence-electron chi connectivity index (χ3n) is 3.58. The van der Waals surface area contributed by atoms with Gasteiger partial charge >= 0.3 is 0 Å². The van der Waals surface area contributed by atoms with E-state index in [0.717, 1.165) is 5.39 Å². The van der Waals surface area contributed by atoms with Crippen LogP contribution in [0.4, 0.5) is 5.69 Å². The van der Waals surface area contributed by atoms with Crippen LogP contribution in [0.25, 0.3) is 11.0 Å².